The molecular weight excluding hydrogens is 276 g/mol. The Hall–Kier alpha value is -1.26. The highest BCUT2D eigenvalue weighted by molar-refractivity contribution is 5.85. The Kier molecular flexibility index (Phi) is 7.41. The van der Waals surface area contributed by atoms with Gasteiger partial charge < -0.3 is 15.0 Å². The molecule has 0 aliphatic carbocycles. The molecule has 1 aliphatic heterocycles. The standard InChI is InChI=1S/C15H22N2O2.ClH/c1-17(15(18)14-9-5-6-10-16-14)11-12-19-13-7-3-2-4-8-13;/h2-4,7-8,14,16H,5-6,9-12H2,1H3;1H/t14-;/m0./s1. The smallest absolute Gasteiger partial charge is 0.239 e. The lowest BCUT2D eigenvalue weighted by Crippen LogP contribution is -2.48. The molecule has 0 bridgehead atoms. The van der Waals surface area contributed by atoms with Gasteiger partial charge >= 0.3 is 0 Å². The van der Waals surface area contributed by atoms with Crippen LogP contribution in [0.5, 0.6) is 5.75 Å². The number of hydrogen-bond donors (Lipinski definition) is 1. The number of likely N-dealkylation sites (N-methyl/N-ethyl adjacent to an activating group) is 1. The van der Waals surface area contributed by atoms with Gasteiger partial charge in [0, 0.05) is 7.05 Å². The average Bonchev–Trinajstić information content (AvgIpc) is 2.48. The van der Waals surface area contributed by atoms with Gasteiger partial charge in [0.1, 0.15) is 12.4 Å². The number of ether oxygens (including phenoxy) is 1. The molecule has 1 aromatic carbocycles. The lowest BCUT2D eigenvalue weighted by molar-refractivity contribution is -0.133. The molecule has 0 aromatic heterocycles. The van der Waals surface area contributed by atoms with Crippen molar-refractivity contribution in [2.24, 2.45) is 0 Å². The van der Waals surface area contributed by atoms with Gasteiger partial charge in [-0.05, 0) is 31.5 Å². The maximum atomic E-state index is 12.1. The van der Waals surface area contributed by atoms with Gasteiger partial charge in [0.15, 0.2) is 0 Å². The second-order valence-electron chi connectivity index (χ2n) is 4.92. The summed E-state index contributed by atoms with van der Waals surface area (Å²) in [5.74, 6) is 1.02. The summed E-state index contributed by atoms with van der Waals surface area (Å²) in [6.45, 7) is 2.09. The van der Waals surface area contributed by atoms with E-state index in [1.165, 1.54) is 6.42 Å². The fourth-order valence-corrected chi connectivity index (χ4v) is 2.26. The minimum atomic E-state index is -0.00419. The minimum Gasteiger partial charge on any atom is -0.492 e. The van der Waals surface area contributed by atoms with E-state index in [-0.39, 0.29) is 24.4 Å². The van der Waals surface area contributed by atoms with Crippen molar-refractivity contribution in [3.8, 4) is 5.75 Å². The number of amides is 1. The van der Waals surface area contributed by atoms with E-state index < -0.39 is 0 Å². The number of benzene rings is 1. The Balaban J connectivity index is 0.00000200. The average molecular weight is 299 g/mol. The maximum absolute atomic E-state index is 12.1. The van der Waals surface area contributed by atoms with Crippen LogP contribution in [0.1, 0.15) is 19.3 Å². The first-order chi connectivity index (χ1) is 9.27. The molecule has 1 atom stereocenters. The molecule has 2 rings (SSSR count). The van der Waals surface area contributed by atoms with E-state index >= 15 is 0 Å². The summed E-state index contributed by atoms with van der Waals surface area (Å²) in [5, 5.41) is 3.28. The summed E-state index contributed by atoms with van der Waals surface area (Å²) >= 11 is 0. The monoisotopic (exact) mass is 298 g/mol. The van der Waals surface area contributed by atoms with E-state index in [1.54, 1.807) is 4.90 Å². The number of piperidine rings is 1. The summed E-state index contributed by atoms with van der Waals surface area (Å²) in [6.07, 6.45) is 3.26. The molecule has 0 saturated carbocycles. The van der Waals surface area contributed by atoms with Crippen molar-refractivity contribution in [3.05, 3.63) is 30.3 Å². The number of halogens is 1. The van der Waals surface area contributed by atoms with E-state index in [1.807, 2.05) is 37.4 Å². The lowest BCUT2D eigenvalue weighted by atomic mass is 10.0. The van der Waals surface area contributed by atoms with Gasteiger partial charge in [-0.25, -0.2) is 0 Å². The van der Waals surface area contributed by atoms with Crippen LogP contribution in [0.2, 0.25) is 0 Å². The quantitative estimate of drug-likeness (QED) is 0.905. The predicted octanol–water partition coefficient (Wildman–Crippen LogP) is 2.09. The zero-order valence-electron chi connectivity index (χ0n) is 11.9. The Morgan fingerprint density at radius 3 is 2.75 bits per heavy atom. The maximum Gasteiger partial charge on any atom is 0.239 e. The van der Waals surface area contributed by atoms with Gasteiger partial charge in [-0.2, -0.15) is 0 Å². The van der Waals surface area contributed by atoms with Crippen LogP contribution in [0, 0.1) is 0 Å². The van der Waals surface area contributed by atoms with Crippen molar-refractivity contribution in [3.63, 3.8) is 0 Å². The predicted molar refractivity (Wildman–Crippen MR) is 82.5 cm³/mol. The molecule has 112 valence electrons. The van der Waals surface area contributed by atoms with E-state index in [2.05, 4.69) is 5.32 Å². The van der Waals surface area contributed by atoms with Crippen LogP contribution in [0.3, 0.4) is 0 Å². The van der Waals surface area contributed by atoms with E-state index in [0.717, 1.165) is 25.1 Å². The molecule has 1 fully saturated rings. The Labute approximate surface area is 126 Å². The second kappa shape index (κ2) is 8.82. The molecular formula is C15H23ClN2O2. The van der Waals surface area contributed by atoms with Gasteiger partial charge in [0.05, 0.1) is 12.6 Å². The molecule has 1 aliphatic rings. The summed E-state index contributed by atoms with van der Waals surface area (Å²) < 4.78 is 5.60. The fourth-order valence-electron chi connectivity index (χ4n) is 2.26. The summed E-state index contributed by atoms with van der Waals surface area (Å²) in [5.41, 5.74) is 0. The third-order valence-corrected chi connectivity index (χ3v) is 3.42. The van der Waals surface area contributed by atoms with Crippen molar-refractivity contribution < 1.29 is 9.53 Å². The summed E-state index contributed by atoms with van der Waals surface area (Å²) in [7, 11) is 1.84. The largest absolute Gasteiger partial charge is 0.492 e. The fraction of sp³-hybridized carbons (Fsp3) is 0.533. The van der Waals surface area contributed by atoms with E-state index in [9.17, 15) is 4.79 Å². The lowest BCUT2D eigenvalue weighted by Gasteiger charge is -2.27. The molecule has 4 nitrogen and oxygen atoms in total. The van der Waals surface area contributed by atoms with Crippen LogP contribution >= 0.6 is 12.4 Å². The Morgan fingerprint density at radius 2 is 2.10 bits per heavy atom. The number of para-hydroxylation sites is 1. The molecule has 0 spiro atoms. The number of carbonyl (C=O) groups is 1. The molecule has 1 N–H and O–H groups in total. The first-order valence-corrected chi connectivity index (χ1v) is 6.93. The topological polar surface area (TPSA) is 41.6 Å². The van der Waals surface area contributed by atoms with Gasteiger partial charge in [0.2, 0.25) is 5.91 Å². The van der Waals surface area contributed by atoms with Crippen LogP contribution < -0.4 is 10.1 Å². The van der Waals surface area contributed by atoms with Gasteiger partial charge in [-0.15, -0.1) is 12.4 Å². The summed E-state index contributed by atoms with van der Waals surface area (Å²) in [4.78, 5) is 13.9. The number of nitrogens with one attached hydrogen (secondary N) is 1. The van der Waals surface area contributed by atoms with Crippen LogP contribution in [0.15, 0.2) is 30.3 Å². The summed E-state index contributed by atoms with van der Waals surface area (Å²) in [6, 6.07) is 9.67. The third kappa shape index (κ3) is 5.02. The van der Waals surface area contributed by atoms with Crippen molar-refractivity contribution in [1.29, 1.82) is 0 Å². The first-order valence-electron chi connectivity index (χ1n) is 6.93. The molecule has 0 radical (unpaired) electrons. The zero-order chi connectivity index (χ0) is 13.5. The third-order valence-electron chi connectivity index (χ3n) is 3.42. The van der Waals surface area contributed by atoms with Crippen molar-refractivity contribution in [2.45, 2.75) is 25.3 Å². The Bertz CT molecular complexity index is 394. The molecule has 1 heterocycles. The zero-order valence-corrected chi connectivity index (χ0v) is 12.7. The normalized spacial score (nSPS) is 17.9. The number of nitrogens with zero attached hydrogens (tertiary/aromatic N) is 1. The Morgan fingerprint density at radius 1 is 1.35 bits per heavy atom. The van der Waals surface area contributed by atoms with Crippen LogP contribution in [-0.2, 0) is 4.79 Å². The van der Waals surface area contributed by atoms with Crippen molar-refractivity contribution in [1.82, 2.24) is 10.2 Å². The molecule has 1 saturated heterocycles. The molecule has 20 heavy (non-hydrogen) atoms. The highest BCUT2D eigenvalue weighted by Gasteiger charge is 2.23. The van der Waals surface area contributed by atoms with Crippen molar-refractivity contribution in [2.75, 3.05) is 26.7 Å². The molecule has 1 aromatic rings. The minimum absolute atomic E-state index is 0. The van der Waals surface area contributed by atoms with E-state index in [0.29, 0.717) is 13.2 Å². The number of hydrogen-bond acceptors (Lipinski definition) is 3. The highest BCUT2D eigenvalue weighted by atomic mass is 35.5. The molecule has 1 amide bonds. The van der Waals surface area contributed by atoms with Crippen LogP contribution in [-0.4, -0.2) is 43.6 Å². The molecule has 0 unspecified atom stereocenters. The highest BCUT2D eigenvalue weighted by Crippen LogP contribution is 2.10. The van der Waals surface area contributed by atoms with Crippen LogP contribution in [0.4, 0.5) is 0 Å². The first kappa shape index (κ1) is 16.8. The van der Waals surface area contributed by atoms with Gasteiger partial charge in [-0.3, -0.25) is 4.79 Å². The SMILES string of the molecule is CN(CCOc1ccccc1)C(=O)[C@@H]1CCCCN1.Cl. The van der Waals surface area contributed by atoms with Crippen molar-refractivity contribution >= 4 is 18.3 Å². The second-order valence-corrected chi connectivity index (χ2v) is 4.92. The molecule has 5 heteroatoms. The van der Waals surface area contributed by atoms with Gasteiger partial charge in [-0.1, -0.05) is 24.6 Å². The van der Waals surface area contributed by atoms with E-state index in [4.69, 9.17) is 4.74 Å². The number of rotatable bonds is 5. The van der Waals surface area contributed by atoms with Crippen LogP contribution in [0.25, 0.3) is 0 Å². The van der Waals surface area contributed by atoms with Gasteiger partial charge in [0.25, 0.3) is 0 Å². The number of carbonyl (C=O) groups excluding carboxylic acids is 1.